The molecule has 0 N–H and O–H groups in total. The van der Waals surface area contributed by atoms with Gasteiger partial charge in [0.15, 0.2) is 0 Å². The quantitative estimate of drug-likeness (QED) is 0.542. The average molecular weight is 159 g/mol. The minimum Gasteiger partial charge on any atom is -0.126 e. The van der Waals surface area contributed by atoms with Crippen LogP contribution in [0.1, 0.15) is 33.1 Å². The van der Waals surface area contributed by atoms with Gasteiger partial charge < -0.3 is 0 Å². The van der Waals surface area contributed by atoms with Gasteiger partial charge in [0.2, 0.25) is 0 Å². The number of rotatable bonds is 2. The Morgan fingerprint density at radius 1 is 1.40 bits per heavy atom. The smallest absolute Gasteiger partial charge is 0.0287 e. The fraction of sp³-hybridized carbons (Fsp3) is 1.00. The Morgan fingerprint density at radius 2 is 1.90 bits per heavy atom. The molecule has 0 aromatic carbocycles. The van der Waals surface area contributed by atoms with E-state index in [1.807, 2.05) is 0 Å². The molecular weight excluding hydrogens is 144 g/mol. The maximum absolute atomic E-state index is 5.98. The van der Waals surface area contributed by atoms with Gasteiger partial charge in [-0.25, -0.2) is 0 Å². The molecule has 2 fully saturated rings. The van der Waals surface area contributed by atoms with Crippen LogP contribution in [0.5, 0.6) is 0 Å². The lowest BCUT2D eigenvalue weighted by atomic mass is 9.93. The van der Waals surface area contributed by atoms with Gasteiger partial charge in [-0.1, -0.05) is 13.8 Å². The number of halogens is 1. The molecule has 2 saturated carbocycles. The van der Waals surface area contributed by atoms with Crippen molar-refractivity contribution in [2.24, 2.45) is 16.7 Å². The van der Waals surface area contributed by atoms with E-state index in [0.717, 1.165) is 11.8 Å². The fourth-order valence-electron chi connectivity index (χ4n) is 2.41. The van der Waals surface area contributed by atoms with Crippen molar-refractivity contribution < 1.29 is 0 Å². The van der Waals surface area contributed by atoms with Crippen LogP contribution >= 0.6 is 11.6 Å². The first-order valence-electron chi connectivity index (χ1n) is 4.18. The molecule has 2 aliphatic carbocycles. The van der Waals surface area contributed by atoms with E-state index in [-0.39, 0.29) is 0 Å². The Hall–Kier alpha value is 0.290. The molecule has 1 unspecified atom stereocenters. The van der Waals surface area contributed by atoms with Crippen molar-refractivity contribution in [2.45, 2.75) is 33.1 Å². The molecule has 2 rings (SSSR count). The zero-order valence-corrected chi connectivity index (χ0v) is 7.54. The Balaban J connectivity index is 2.12. The highest BCUT2D eigenvalue weighted by Crippen LogP contribution is 2.73. The van der Waals surface area contributed by atoms with Crippen LogP contribution < -0.4 is 0 Å². The summed E-state index contributed by atoms with van der Waals surface area (Å²) in [5, 5.41) is 0. The maximum Gasteiger partial charge on any atom is 0.0287 e. The zero-order chi connectivity index (χ0) is 7.41. The molecule has 0 aromatic rings. The molecule has 0 nitrogen and oxygen atoms in total. The van der Waals surface area contributed by atoms with Gasteiger partial charge in [0.1, 0.15) is 0 Å². The molecule has 58 valence electrons. The molecule has 2 aliphatic rings. The van der Waals surface area contributed by atoms with Crippen molar-refractivity contribution in [3.8, 4) is 0 Å². The van der Waals surface area contributed by atoms with Gasteiger partial charge in [-0.05, 0) is 36.0 Å². The van der Waals surface area contributed by atoms with E-state index >= 15 is 0 Å². The van der Waals surface area contributed by atoms with Crippen LogP contribution in [0.4, 0.5) is 0 Å². The topological polar surface area (TPSA) is 0 Å². The summed E-state index contributed by atoms with van der Waals surface area (Å²) in [6, 6.07) is 0. The second-order valence-corrected chi connectivity index (χ2v) is 4.89. The van der Waals surface area contributed by atoms with Gasteiger partial charge >= 0.3 is 0 Å². The maximum atomic E-state index is 5.98. The third-order valence-corrected chi connectivity index (χ3v) is 4.05. The second-order valence-electron chi connectivity index (χ2n) is 4.62. The van der Waals surface area contributed by atoms with E-state index in [0.29, 0.717) is 10.8 Å². The van der Waals surface area contributed by atoms with Crippen molar-refractivity contribution in [1.82, 2.24) is 0 Å². The van der Waals surface area contributed by atoms with Crippen LogP contribution in [0.15, 0.2) is 0 Å². The lowest BCUT2D eigenvalue weighted by molar-refractivity contribution is 0.374. The lowest BCUT2D eigenvalue weighted by Crippen LogP contribution is -2.13. The van der Waals surface area contributed by atoms with Crippen LogP contribution in [0.3, 0.4) is 0 Å². The van der Waals surface area contributed by atoms with E-state index in [2.05, 4.69) is 13.8 Å². The first-order valence-corrected chi connectivity index (χ1v) is 4.72. The third-order valence-electron chi connectivity index (χ3n) is 3.58. The SMILES string of the molecule is CC1(C)CC1(CCl)C1CC1. The summed E-state index contributed by atoms with van der Waals surface area (Å²) in [6.45, 7) is 4.71. The number of alkyl halides is 1. The molecule has 0 aromatic heterocycles. The Bertz CT molecular complexity index is 158. The predicted octanol–water partition coefficient (Wildman–Crippen LogP) is 3.05. The highest BCUT2D eigenvalue weighted by Gasteiger charge is 2.66. The van der Waals surface area contributed by atoms with Crippen LogP contribution in [-0.4, -0.2) is 5.88 Å². The van der Waals surface area contributed by atoms with Crippen molar-refractivity contribution >= 4 is 11.6 Å². The first kappa shape index (κ1) is 6.97. The van der Waals surface area contributed by atoms with Crippen molar-refractivity contribution in [3.05, 3.63) is 0 Å². The minimum atomic E-state index is 0.564. The molecule has 1 atom stereocenters. The summed E-state index contributed by atoms with van der Waals surface area (Å²) in [5.41, 5.74) is 1.13. The van der Waals surface area contributed by atoms with Crippen molar-refractivity contribution in [1.29, 1.82) is 0 Å². The van der Waals surface area contributed by atoms with Crippen molar-refractivity contribution in [2.75, 3.05) is 5.88 Å². The summed E-state index contributed by atoms with van der Waals surface area (Å²) in [4.78, 5) is 0. The van der Waals surface area contributed by atoms with Crippen LogP contribution in [0.25, 0.3) is 0 Å². The molecule has 0 radical (unpaired) electrons. The van der Waals surface area contributed by atoms with Crippen molar-refractivity contribution in [3.63, 3.8) is 0 Å². The highest BCUT2D eigenvalue weighted by atomic mass is 35.5. The molecule has 0 heterocycles. The molecular formula is C9H15Cl. The molecule has 0 saturated heterocycles. The van der Waals surface area contributed by atoms with E-state index in [9.17, 15) is 0 Å². The minimum absolute atomic E-state index is 0.564. The van der Waals surface area contributed by atoms with Crippen LogP contribution in [0.2, 0.25) is 0 Å². The normalized spacial score (nSPS) is 43.5. The Labute approximate surface area is 68.0 Å². The number of hydrogen-bond acceptors (Lipinski definition) is 0. The Kier molecular flexibility index (Phi) is 1.20. The summed E-state index contributed by atoms with van der Waals surface area (Å²) < 4.78 is 0. The van der Waals surface area contributed by atoms with Gasteiger partial charge in [0.05, 0.1) is 0 Å². The molecule has 0 bridgehead atoms. The van der Waals surface area contributed by atoms with Crippen LogP contribution in [-0.2, 0) is 0 Å². The summed E-state index contributed by atoms with van der Waals surface area (Å²) in [7, 11) is 0. The molecule has 0 spiro atoms. The summed E-state index contributed by atoms with van der Waals surface area (Å²) >= 11 is 5.98. The second kappa shape index (κ2) is 1.72. The lowest BCUT2D eigenvalue weighted by Gasteiger charge is -2.15. The molecule has 0 amide bonds. The average Bonchev–Trinajstić information content (AvgIpc) is 2.64. The third kappa shape index (κ3) is 0.689. The Morgan fingerprint density at radius 3 is 2.00 bits per heavy atom. The van der Waals surface area contributed by atoms with Gasteiger partial charge in [0.25, 0.3) is 0 Å². The standard InChI is InChI=1S/C9H15Cl/c1-8(2)5-9(8,6-10)7-3-4-7/h7H,3-6H2,1-2H3. The van der Waals surface area contributed by atoms with E-state index < -0.39 is 0 Å². The van der Waals surface area contributed by atoms with Gasteiger partial charge in [-0.2, -0.15) is 0 Å². The number of hydrogen-bond donors (Lipinski definition) is 0. The van der Waals surface area contributed by atoms with Crippen LogP contribution in [0, 0.1) is 16.7 Å². The first-order chi connectivity index (χ1) is 4.62. The van der Waals surface area contributed by atoms with Gasteiger partial charge in [-0.15, -0.1) is 11.6 Å². The van der Waals surface area contributed by atoms with E-state index in [1.165, 1.54) is 19.3 Å². The molecule has 1 heteroatoms. The summed E-state index contributed by atoms with van der Waals surface area (Å²) in [6.07, 6.45) is 4.25. The predicted molar refractivity (Wildman–Crippen MR) is 44.3 cm³/mol. The fourth-order valence-corrected chi connectivity index (χ4v) is 3.09. The monoisotopic (exact) mass is 158 g/mol. The molecule has 0 aliphatic heterocycles. The van der Waals surface area contributed by atoms with Gasteiger partial charge in [-0.3, -0.25) is 0 Å². The molecule has 10 heavy (non-hydrogen) atoms. The van der Waals surface area contributed by atoms with Gasteiger partial charge in [0, 0.05) is 5.88 Å². The van der Waals surface area contributed by atoms with E-state index in [1.54, 1.807) is 0 Å². The summed E-state index contributed by atoms with van der Waals surface area (Å²) in [5.74, 6) is 1.88. The van der Waals surface area contributed by atoms with E-state index in [4.69, 9.17) is 11.6 Å². The largest absolute Gasteiger partial charge is 0.126 e. The zero-order valence-electron chi connectivity index (χ0n) is 6.78. The highest BCUT2D eigenvalue weighted by molar-refractivity contribution is 6.18.